The number of benzene rings is 3. The third kappa shape index (κ3) is 5.28. The molecule has 0 aromatic heterocycles. The summed E-state index contributed by atoms with van der Waals surface area (Å²) in [5.41, 5.74) is 6.58. The summed E-state index contributed by atoms with van der Waals surface area (Å²) in [4.78, 5) is 28.5. The fraction of sp³-hybridized carbons (Fsp3) is 0.412. The first-order valence-electron chi connectivity index (χ1n) is 14.2. The standard InChI is InChI=1S/C34H37F2NO5/c1-18-23-12-9-13-41-30(23)27(36)15-24(18)28-19(2)25-16-37(32(38)21-10-8-11-22(35)14-21)17-26(25)20(3)29(28)31(33(39)40-7)42-34(4,5)6/h8,10-11,14-15,31H,9,12-13,16-17H2,1-7H3/t31-/m0/s1. The minimum atomic E-state index is -1.10. The lowest BCUT2D eigenvalue weighted by atomic mass is 9.80. The van der Waals surface area contributed by atoms with Crippen molar-refractivity contribution in [3.8, 4) is 16.9 Å². The Hall–Kier alpha value is -3.78. The van der Waals surface area contributed by atoms with Gasteiger partial charge in [0.05, 0.1) is 19.3 Å². The maximum Gasteiger partial charge on any atom is 0.339 e. The monoisotopic (exact) mass is 577 g/mol. The van der Waals surface area contributed by atoms with Crippen molar-refractivity contribution in [2.75, 3.05) is 13.7 Å². The molecule has 0 saturated carbocycles. The summed E-state index contributed by atoms with van der Waals surface area (Å²) in [7, 11) is 1.32. The van der Waals surface area contributed by atoms with Crippen LogP contribution in [0.15, 0.2) is 30.3 Å². The van der Waals surface area contributed by atoms with Crippen LogP contribution in [0, 0.1) is 32.4 Å². The summed E-state index contributed by atoms with van der Waals surface area (Å²) in [6.45, 7) is 12.4. The van der Waals surface area contributed by atoms with E-state index in [0.29, 0.717) is 36.3 Å². The minimum absolute atomic E-state index is 0.259. The normalized spacial score (nSPS) is 15.1. The van der Waals surface area contributed by atoms with E-state index in [1.165, 1.54) is 31.4 Å². The molecular weight excluding hydrogens is 540 g/mol. The molecule has 2 aliphatic heterocycles. The van der Waals surface area contributed by atoms with E-state index in [0.717, 1.165) is 39.8 Å². The highest BCUT2D eigenvalue weighted by molar-refractivity contribution is 5.95. The van der Waals surface area contributed by atoms with Gasteiger partial charge in [0.25, 0.3) is 5.91 Å². The van der Waals surface area contributed by atoms with Crippen LogP contribution in [0.3, 0.4) is 0 Å². The van der Waals surface area contributed by atoms with E-state index >= 15 is 4.39 Å². The zero-order valence-electron chi connectivity index (χ0n) is 25.2. The number of carbonyl (C=O) groups excluding carboxylic acids is 2. The Morgan fingerprint density at radius 3 is 2.31 bits per heavy atom. The molecule has 1 atom stereocenters. The number of esters is 1. The van der Waals surface area contributed by atoms with Crippen molar-refractivity contribution >= 4 is 11.9 Å². The average molecular weight is 578 g/mol. The Kier molecular flexibility index (Phi) is 7.88. The molecule has 2 heterocycles. The minimum Gasteiger partial charge on any atom is -0.490 e. The SMILES string of the molecule is COC(=O)[C@@H](OC(C)(C)C)c1c(C)c2c(c(C)c1-c1cc(F)c3c(c1C)CCCO3)CN(C(=O)c1cccc(F)c1)C2. The molecule has 0 spiro atoms. The number of nitrogens with zero attached hydrogens (tertiary/aromatic N) is 1. The molecule has 222 valence electrons. The van der Waals surface area contributed by atoms with E-state index in [2.05, 4.69) is 0 Å². The number of rotatable bonds is 5. The summed E-state index contributed by atoms with van der Waals surface area (Å²) in [6, 6.07) is 7.12. The topological polar surface area (TPSA) is 65.1 Å². The lowest BCUT2D eigenvalue weighted by molar-refractivity contribution is -0.164. The molecule has 3 aromatic rings. The molecule has 8 heteroatoms. The number of amides is 1. The van der Waals surface area contributed by atoms with Gasteiger partial charge in [-0.15, -0.1) is 0 Å². The van der Waals surface area contributed by atoms with Gasteiger partial charge in [0.2, 0.25) is 0 Å². The zero-order chi connectivity index (χ0) is 30.5. The van der Waals surface area contributed by atoms with Gasteiger partial charge in [-0.2, -0.15) is 0 Å². The molecule has 1 amide bonds. The third-order valence-corrected chi connectivity index (χ3v) is 8.23. The first-order chi connectivity index (χ1) is 19.8. The van der Waals surface area contributed by atoms with Crippen LogP contribution in [-0.2, 0) is 33.8 Å². The van der Waals surface area contributed by atoms with E-state index in [4.69, 9.17) is 14.2 Å². The summed E-state index contributed by atoms with van der Waals surface area (Å²) < 4.78 is 46.8. The van der Waals surface area contributed by atoms with E-state index in [1.807, 2.05) is 41.5 Å². The lowest BCUT2D eigenvalue weighted by Gasteiger charge is -2.31. The van der Waals surface area contributed by atoms with Gasteiger partial charge in [0, 0.05) is 29.8 Å². The van der Waals surface area contributed by atoms with Crippen LogP contribution >= 0.6 is 0 Å². The molecule has 5 rings (SSSR count). The van der Waals surface area contributed by atoms with Crippen molar-refractivity contribution in [2.45, 2.75) is 79.2 Å². The van der Waals surface area contributed by atoms with Crippen molar-refractivity contribution in [3.63, 3.8) is 0 Å². The van der Waals surface area contributed by atoms with Crippen LogP contribution in [0.5, 0.6) is 5.75 Å². The largest absolute Gasteiger partial charge is 0.490 e. The van der Waals surface area contributed by atoms with Gasteiger partial charge in [-0.1, -0.05) is 6.07 Å². The summed E-state index contributed by atoms with van der Waals surface area (Å²) in [5.74, 6) is -1.52. The molecule has 0 saturated heterocycles. The number of methoxy groups -OCH3 is 1. The predicted molar refractivity (Wildman–Crippen MR) is 155 cm³/mol. The molecule has 6 nitrogen and oxygen atoms in total. The van der Waals surface area contributed by atoms with Crippen molar-refractivity contribution in [3.05, 3.63) is 86.5 Å². The third-order valence-electron chi connectivity index (χ3n) is 8.23. The molecule has 42 heavy (non-hydrogen) atoms. The molecule has 2 aliphatic rings. The average Bonchev–Trinajstić information content (AvgIpc) is 3.41. The fourth-order valence-corrected chi connectivity index (χ4v) is 6.25. The molecule has 0 bridgehead atoms. The van der Waals surface area contributed by atoms with Gasteiger partial charge in [-0.05, 0) is 118 Å². The zero-order valence-corrected chi connectivity index (χ0v) is 25.2. The van der Waals surface area contributed by atoms with E-state index in [-0.39, 0.29) is 23.8 Å². The number of carbonyl (C=O) groups is 2. The Bertz CT molecular complexity index is 1590. The van der Waals surface area contributed by atoms with Crippen LogP contribution in [0.4, 0.5) is 8.78 Å². The van der Waals surface area contributed by atoms with Crippen LogP contribution in [0.2, 0.25) is 0 Å². The van der Waals surface area contributed by atoms with E-state index < -0.39 is 29.3 Å². The Morgan fingerprint density at radius 2 is 1.67 bits per heavy atom. The maximum atomic E-state index is 15.6. The van der Waals surface area contributed by atoms with Crippen LogP contribution in [0.25, 0.3) is 11.1 Å². The fourth-order valence-electron chi connectivity index (χ4n) is 6.25. The molecule has 3 aromatic carbocycles. The van der Waals surface area contributed by atoms with Crippen LogP contribution in [-0.4, -0.2) is 36.1 Å². The van der Waals surface area contributed by atoms with Crippen molar-refractivity contribution in [1.29, 1.82) is 0 Å². The van der Waals surface area contributed by atoms with Crippen LogP contribution in [0.1, 0.15) is 82.6 Å². The summed E-state index contributed by atoms with van der Waals surface area (Å²) in [6.07, 6.45) is 0.358. The number of halogens is 2. The van der Waals surface area contributed by atoms with Gasteiger partial charge >= 0.3 is 5.97 Å². The highest BCUT2D eigenvalue weighted by Gasteiger charge is 2.38. The van der Waals surface area contributed by atoms with Crippen LogP contribution < -0.4 is 4.74 Å². The van der Waals surface area contributed by atoms with E-state index in [1.54, 1.807) is 11.0 Å². The maximum absolute atomic E-state index is 15.6. The smallest absolute Gasteiger partial charge is 0.339 e. The van der Waals surface area contributed by atoms with Gasteiger partial charge in [0.15, 0.2) is 17.7 Å². The Morgan fingerprint density at radius 1 is 0.976 bits per heavy atom. The quantitative estimate of drug-likeness (QED) is 0.304. The number of hydrogen-bond acceptors (Lipinski definition) is 5. The van der Waals surface area contributed by atoms with Crippen molar-refractivity contribution < 1.29 is 32.6 Å². The Labute approximate surface area is 245 Å². The first-order valence-corrected chi connectivity index (χ1v) is 14.2. The van der Waals surface area contributed by atoms with E-state index in [9.17, 15) is 14.0 Å². The highest BCUT2D eigenvalue weighted by atomic mass is 19.1. The summed E-state index contributed by atoms with van der Waals surface area (Å²) in [5, 5.41) is 0. The lowest BCUT2D eigenvalue weighted by Crippen LogP contribution is -2.29. The molecule has 0 radical (unpaired) electrons. The molecular formula is C34H37F2NO5. The van der Waals surface area contributed by atoms with Gasteiger partial charge in [0.1, 0.15) is 5.82 Å². The van der Waals surface area contributed by atoms with Gasteiger partial charge < -0.3 is 19.1 Å². The first kappa shape index (κ1) is 29.7. The van der Waals surface area contributed by atoms with Crippen molar-refractivity contribution in [2.24, 2.45) is 0 Å². The molecule has 0 aliphatic carbocycles. The number of ether oxygens (including phenoxy) is 3. The second-order valence-electron chi connectivity index (χ2n) is 12.1. The Balaban J connectivity index is 1.75. The molecule has 0 unspecified atom stereocenters. The van der Waals surface area contributed by atoms with Gasteiger partial charge in [-0.3, -0.25) is 4.79 Å². The second-order valence-corrected chi connectivity index (χ2v) is 12.1. The molecule has 0 N–H and O–H groups in total. The highest BCUT2D eigenvalue weighted by Crippen LogP contribution is 2.47. The molecule has 0 fully saturated rings. The number of fused-ring (bicyclic) bond motifs is 2. The second kappa shape index (κ2) is 11.1. The summed E-state index contributed by atoms with van der Waals surface area (Å²) >= 11 is 0. The van der Waals surface area contributed by atoms with Gasteiger partial charge in [-0.25, -0.2) is 13.6 Å². The van der Waals surface area contributed by atoms with Crippen molar-refractivity contribution in [1.82, 2.24) is 4.90 Å². The number of hydrogen-bond donors (Lipinski definition) is 0. The predicted octanol–water partition coefficient (Wildman–Crippen LogP) is 7.07.